The van der Waals surface area contributed by atoms with Crippen molar-refractivity contribution in [2.24, 2.45) is 5.10 Å². The molecule has 2 N–H and O–H groups in total. The van der Waals surface area contributed by atoms with Crippen LogP contribution >= 0.6 is 0 Å². The zero-order valence-corrected chi connectivity index (χ0v) is 18.3. The second kappa shape index (κ2) is 11.1. The van der Waals surface area contributed by atoms with Gasteiger partial charge in [0.1, 0.15) is 12.2 Å². The van der Waals surface area contributed by atoms with Crippen LogP contribution in [0.3, 0.4) is 0 Å². The molecule has 0 spiro atoms. The number of nitrogens with zero attached hydrogens (tertiary/aromatic N) is 3. The fourth-order valence-electron chi connectivity index (χ4n) is 2.84. The smallest absolute Gasteiger partial charge is 0.318 e. The van der Waals surface area contributed by atoms with Crippen LogP contribution in [0.15, 0.2) is 71.8 Å². The van der Waals surface area contributed by atoms with E-state index in [4.69, 9.17) is 4.74 Å². The maximum atomic E-state index is 12.0. The summed E-state index contributed by atoms with van der Waals surface area (Å²) >= 11 is 0. The van der Waals surface area contributed by atoms with E-state index < -0.39 is 39.5 Å². The number of benzene rings is 3. The lowest BCUT2D eigenvalue weighted by atomic mass is 10.2. The molecule has 0 aliphatic carbocycles. The summed E-state index contributed by atoms with van der Waals surface area (Å²) in [7, 11) is 0. The standard InChI is InChI=1S/C23H19N5O7/c1-15-5-7-17(8-6-15)25-22(29)13-23(30)26-24-14-16-3-2-4-19(11-16)35-21-10-9-18(27(31)32)12-20(21)28(33)34/h2-12,14H,13H2,1H3,(H,25,29)(H,26,30). The Bertz CT molecular complexity index is 1310. The van der Waals surface area contributed by atoms with Crippen LogP contribution in [0.25, 0.3) is 0 Å². The number of carbonyl (C=O) groups is 2. The van der Waals surface area contributed by atoms with Crippen molar-refractivity contribution >= 4 is 35.1 Å². The number of carbonyl (C=O) groups excluding carboxylic acids is 2. The summed E-state index contributed by atoms with van der Waals surface area (Å²) in [6.07, 6.45) is 0.866. The molecule has 0 aliphatic heterocycles. The lowest BCUT2D eigenvalue weighted by molar-refractivity contribution is -0.394. The fourth-order valence-corrected chi connectivity index (χ4v) is 2.84. The Labute approximate surface area is 198 Å². The molecule has 2 amide bonds. The Kier molecular flexibility index (Phi) is 7.80. The van der Waals surface area contributed by atoms with Crippen LogP contribution in [0.2, 0.25) is 0 Å². The highest BCUT2D eigenvalue weighted by Crippen LogP contribution is 2.34. The van der Waals surface area contributed by atoms with Gasteiger partial charge >= 0.3 is 5.69 Å². The molecule has 0 aliphatic rings. The molecular formula is C23H19N5O7. The Hall–Kier alpha value is -5.13. The maximum Gasteiger partial charge on any atom is 0.318 e. The average molecular weight is 477 g/mol. The van der Waals surface area contributed by atoms with Gasteiger partial charge in [-0.05, 0) is 42.8 Å². The summed E-state index contributed by atoms with van der Waals surface area (Å²) < 4.78 is 5.52. The summed E-state index contributed by atoms with van der Waals surface area (Å²) in [5.41, 5.74) is 3.34. The van der Waals surface area contributed by atoms with Crippen LogP contribution in [0.5, 0.6) is 11.5 Å². The normalized spacial score (nSPS) is 10.5. The number of amides is 2. The van der Waals surface area contributed by atoms with Crippen molar-refractivity contribution in [3.63, 3.8) is 0 Å². The van der Waals surface area contributed by atoms with Crippen LogP contribution < -0.4 is 15.5 Å². The third-order valence-electron chi connectivity index (χ3n) is 4.50. The zero-order valence-electron chi connectivity index (χ0n) is 18.3. The van der Waals surface area contributed by atoms with E-state index in [0.717, 1.165) is 23.8 Å². The van der Waals surface area contributed by atoms with E-state index in [-0.39, 0.29) is 11.5 Å². The highest BCUT2D eigenvalue weighted by molar-refractivity contribution is 6.03. The highest BCUT2D eigenvalue weighted by atomic mass is 16.6. The molecule has 0 saturated heterocycles. The highest BCUT2D eigenvalue weighted by Gasteiger charge is 2.21. The van der Waals surface area contributed by atoms with Crippen LogP contribution in [-0.4, -0.2) is 27.9 Å². The molecule has 12 nitrogen and oxygen atoms in total. The van der Waals surface area contributed by atoms with Gasteiger partial charge in [-0.3, -0.25) is 29.8 Å². The monoisotopic (exact) mass is 477 g/mol. The zero-order chi connectivity index (χ0) is 25.4. The van der Waals surface area contributed by atoms with E-state index >= 15 is 0 Å². The summed E-state index contributed by atoms with van der Waals surface area (Å²) in [5, 5.41) is 28.5. The fraction of sp³-hybridized carbons (Fsp3) is 0.0870. The second-order valence-electron chi connectivity index (χ2n) is 7.22. The number of hydrogen-bond acceptors (Lipinski definition) is 8. The summed E-state index contributed by atoms with van der Waals surface area (Å²) in [5.74, 6) is -1.10. The number of nitro benzene ring substituents is 2. The van der Waals surface area contributed by atoms with Crippen LogP contribution in [-0.2, 0) is 9.59 Å². The van der Waals surface area contributed by atoms with Gasteiger partial charge in [0, 0.05) is 11.8 Å². The number of non-ortho nitro benzene ring substituents is 1. The lowest BCUT2D eigenvalue weighted by Crippen LogP contribution is -2.24. The number of rotatable bonds is 9. The number of ether oxygens (including phenoxy) is 1. The number of nitro groups is 2. The number of anilines is 1. The summed E-state index contributed by atoms with van der Waals surface area (Å²) in [6, 6.07) is 16.4. The predicted molar refractivity (Wildman–Crippen MR) is 126 cm³/mol. The van der Waals surface area contributed by atoms with Gasteiger partial charge in [-0.2, -0.15) is 5.10 Å². The van der Waals surface area contributed by atoms with E-state index in [9.17, 15) is 29.8 Å². The summed E-state index contributed by atoms with van der Waals surface area (Å²) in [4.78, 5) is 44.5. The van der Waals surface area contributed by atoms with Gasteiger partial charge in [-0.25, -0.2) is 5.43 Å². The van der Waals surface area contributed by atoms with E-state index in [2.05, 4.69) is 15.8 Å². The van der Waals surface area contributed by atoms with Crippen molar-refractivity contribution in [3.05, 3.63) is 98.1 Å². The Morgan fingerprint density at radius 1 is 0.971 bits per heavy atom. The van der Waals surface area contributed by atoms with Crippen molar-refractivity contribution in [2.45, 2.75) is 13.3 Å². The van der Waals surface area contributed by atoms with E-state index in [0.29, 0.717) is 11.3 Å². The molecular weight excluding hydrogens is 458 g/mol. The van der Waals surface area contributed by atoms with Crippen molar-refractivity contribution in [1.29, 1.82) is 0 Å². The van der Waals surface area contributed by atoms with Crippen LogP contribution in [0, 0.1) is 27.2 Å². The first kappa shape index (κ1) is 24.5. The molecule has 0 fully saturated rings. The topological polar surface area (TPSA) is 166 Å². The second-order valence-corrected chi connectivity index (χ2v) is 7.22. The molecule has 3 aromatic carbocycles. The van der Waals surface area contributed by atoms with Crippen LogP contribution in [0.1, 0.15) is 17.5 Å². The van der Waals surface area contributed by atoms with E-state index in [1.807, 2.05) is 19.1 Å². The van der Waals surface area contributed by atoms with E-state index in [1.54, 1.807) is 24.3 Å². The minimum absolute atomic E-state index is 0.178. The van der Waals surface area contributed by atoms with Gasteiger partial charge in [0.15, 0.2) is 0 Å². The summed E-state index contributed by atoms with van der Waals surface area (Å²) in [6.45, 7) is 1.92. The molecule has 0 atom stereocenters. The largest absolute Gasteiger partial charge is 0.450 e. The van der Waals surface area contributed by atoms with Crippen molar-refractivity contribution in [2.75, 3.05) is 5.32 Å². The Morgan fingerprint density at radius 2 is 1.71 bits per heavy atom. The quantitative estimate of drug-likeness (QED) is 0.203. The number of aryl methyl sites for hydroxylation is 1. The molecule has 3 rings (SSSR count). The molecule has 178 valence electrons. The van der Waals surface area contributed by atoms with Crippen molar-refractivity contribution in [3.8, 4) is 11.5 Å². The minimum Gasteiger partial charge on any atom is -0.450 e. The van der Waals surface area contributed by atoms with Gasteiger partial charge < -0.3 is 10.1 Å². The molecule has 0 radical (unpaired) electrons. The van der Waals surface area contributed by atoms with Gasteiger partial charge in [-0.1, -0.05) is 29.8 Å². The SMILES string of the molecule is Cc1ccc(NC(=O)CC(=O)NN=Cc2cccc(Oc3ccc([N+](=O)[O-])cc3[N+](=O)[O-])c2)cc1. The van der Waals surface area contributed by atoms with Gasteiger partial charge in [0.05, 0.1) is 22.1 Å². The lowest BCUT2D eigenvalue weighted by Gasteiger charge is -2.07. The Balaban J connectivity index is 1.59. The predicted octanol–water partition coefficient (Wildman–Crippen LogP) is 4.08. The first-order chi connectivity index (χ1) is 16.7. The molecule has 12 heteroatoms. The number of hydrogen-bond donors (Lipinski definition) is 2. The number of hydrazone groups is 1. The third-order valence-corrected chi connectivity index (χ3v) is 4.50. The van der Waals surface area contributed by atoms with Gasteiger partial charge in [0.25, 0.3) is 5.69 Å². The van der Waals surface area contributed by atoms with Gasteiger partial charge in [-0.15, -0.1) is 0 Å². The maximum absolute atomic E-state index is 12.0. The molecule has 0 unspecified atom stereocenters. The van der Waals surface area contributed by atoms with Crippen LogP contribution in [0.4, 0.5) is 17.1 Å². The third kappa shape index (κ3) is 7.18. The molecule has 0 bridgehead atoms. The Morgan fingerprint density at radius 3 is 2.40 bits per heavy atom. The van der Waals surface area contributed by atoms with Crippen molar-refractivity contribution in [1.82, 2.24) is 5.43 Å². The average Bonchev–Trinajstić information content (AvgIpc) is 2.80. The molecule has 3 aromatic rings. The first-order valence-corrected chi connectivity index (χ1v) is 10.1. The molecule has 0 saturated carbocycles. The molecule has 35 heavy (non-hydrogen) atoms. The first-order valence-electron chi connectivity index (χ1n) is 10.1. The van der Waals surface area contributed by atoms with Crippen molar-refractivity contribution < 1.29 is 24.2 Å². The number of nitrogens with one attached hydrogen (secondary N) is 2. The molecule has 0 aromatic heterocycles. The minimum atomic E-state index is -0.780. The van der Waals surface area contributed by atoms with Gasteiger partial charge in [0.2, 0.25) is 17.6 Å². The molecule has 0 heterocycles. The van der Waals surface area contributed by atoms with E-state index in [1.165, 1.54) is 18.3 Å².